The quantitative estimate of drug-likeness (QED) is 0.380. The predicted molar refractivity (Wildman–Crippen MR) is 64.2 cm³/mol. The minimum Gasteiger partial charge on any atom is -0.409 e. The van der Waals surface area contributed by atoms with Crippen molar-refractivity contribution in [1.29, 1.82) is 0 Å². The fourth-order valence-corrected chi connectivity index (χ4v) is 1.55. The Labute approximate surface area is 104 Å². The van der Waals surface area contributed by atoms with Crippen molar-refractivity contribution in [3.63, 3.8) is 0 Å². The van der Waals surface area contributed by atoms with Gasteiger partial charge in [0.15, 0.2) is 5.84 Å². The number of benzene rings is 1. The van der Waals surface area contributed by atoms with Crippen LogP contribution in [0.4, 0.5) is 0 Å². The van der Waals surface area contributed by atoms with Gasteiger partial charge >= 0.3 is 0 Å². The molecule has 0 aliphatic carbocycles. The first kappa shape index (κ1) is 13.1. The van der Waals surface area contributed by atoms with E-state index >= 15 is 0 Å². The van der Waals surface area contributed by atoms with Crippen LogP contribution in [0.25, 0.3) is 0 Å². The summed E-state index contributed by atoms with van der Waals surface area (Å²) < 4.78 is 5.36. The van der Waals surface area contributed by atoms with Crippen molar-refractivity contribution in [2.24, 2.45) is 10.9 Å². The highest BCUT2D eigenvalue weighted by Gasteiger charge is 2.17. The molecule has 3 N–H and O–H groups in total. The summed E-state index contributed by atoms with van der Waals surface area (Å²) in [7, 11) is 0. The van der Waals surface area contributed by atoms with Crippen LogP contribution in [-0.2, 0) is 4.74 Å². The van der Waals surface area contributed by atoms with Gasteiger partial charge in [0.25, 0.3) is 0 Å². The monoisotopic (exact) mass is 262 g/mol. The van der Waals surface area contributed by atoms with Crippen LogP contribution in [-0.4, -0.2) is 17.6 Å². The molecule has 88 valence electrons. The zero-order chi connectivity index (χ0) is 12.1. The van der Waals surface area contributed by atoms with Gasteiger partial charge in [-0.15, -0.1) is 0 Å². The van der Waals surface area contributed by atoms with Gasteiger partial charge in [0, 0.05) is 6.61 Å². The third kappa shape index (κ3) is 3.01. The van der Waals surface area contributed by atoms with Crippen LogP contribution in [0.3, 0.4) is 0 Å². The van der Waals surface area contributed by atoms with E-state index in [1.54, 1.807) is 18.2 Å². The van der Waals surface area contributed by atoms with Gasteiger partial charge in [0.1, 0.15) is 6.10 Å². The van der Waals surface area contributed by atoms with Gasteiger partial charge in [0.05, 0.1) is 10.0 Å². The molecule has 0 spiro atoms. The first-order valence-corrected chi connectivity index (χ1v) is 5.39. The maximum Gasteiger partial charge on any atom is 0.173 e. The normalized spacial score (nSPS) is 13.8. The molecule has 6 heteroatoms. The number of amidine groups is 1. The number of nitrogens with two attached hydrogens (primary N) is 1. The van der Waals surface area contributed by atoms with Crippen LogP contribution in [0.1, 0.15) is 18.6 Å². The lowest BCUT2D eigenvalue weighted by molar-refractivity contribution is 0.106. The molecule has 0 saturated heterocycles. The fourth-order valence-electron chi connectivity index (χ4n) is 1.25. The van der Waals surface area contributed by atoms with E-state index in [4.69, 9.17) is 38.9 Å². The van der Waals surface area contributed by atoms with Gasteiger partial charge in [-0.3, -0.25) is 0 Å². The van der Waals surface area contributed by atoms with Gasteiger partial charge in [-0.25, -0.2) is 0 Å². The maximum absolute atomic E-state index is 8.64. The summed E-state index contributed by atoms with van der Waals surface area (Å²) >= 11 is 11.7. The summed E-state index contributed by atoms with van der Waals surface area (Å²) in [6.07, 6.45) is -0.621. The van der Waals surface area contributed by atoms with Crippen molar-refractivity contribution in [2.45, 2.75) is 13.0 Å². The molecular weight excluding hydrogens is 251 g/mol. The Morgan fingerprint density at radius 1 is 1.50 bits per heavy atom. The lowest BCUT2D eigenvalue weighted by Crippen LogP contribution is -2.24. The minimum atomic E-state index is -0.621. The van der Waals surface area contributed by atoms with Gasteiger partial charge < -0.3 is 15.7 Å². The summed E-state index contributed by atoms with van der Waals surface area (Å²) in [5, 5.41) is 12.4. The highest BCUT2D eigenvalue weighted by molar-refractivity contribution is 6.42. The van der Waals surface area contributed by atoms with Crippen LogP contribution in [0, 0.1) is 0 Å². The second-order valence-corrected chi connectivity index (χ2v) is 3.85. The molecule has 0 fully saturated rings. The Kier molecular flexibility index (Phi) is 4.86. The summed E-state index contributed by atoms with van der Waals surface area (Å²) in [6.45, 7) is 2.25. The fraction of sp³-hybridized carbons (Fsp3) is 0.300. The summed E-state index contributed by atoms with van der Waals surface area (Å²) in [5.41, 5.74) is 6.21. The van der Waals surface area contributed by atoms with E-state index in [9.17, 15) is 0 Å². The topological polar surface area (TPSA) is 67.8 Å². The van der Waals surface area contributed by atoms with Crippen LogP contribution in [0.5, 0.6) is 0 Å². The van der Waals surface area contributed by atoms with Crippen molar-refractivity contribution in [3.8, 4) is 0 Å². The zero-order valence-corrected chi connectivity index (χ0v) is 10.2. The molecule has 16 heavy (non-hydrogen) atoms. The molecule has 4 nitrogen and oxygen atoms in total. The number of halogens is 2. The molecule has 0 aliphatic heterocycles. The van der Waals surface area contributed by atoms with Crippen molar-refractivity contribution in [1.82, 2.24) is 0 Å². The molecule has 0 radical (unpaired) electrons. The van der Waals surface area contributed by atoms with Crippen molar-refractivity contribution in [2.75, 3.05) is 6.61 Å². The van der Waals surface area contributed by atoms with Gasteiger partial charge in [-0.1, -0.05) is 34.4 Å². The number of rotatable bonds is 4. The van der Waals surface area contributed by atoms with E-state index in [2.05, 4.69) is 5.16 Å². The van der Waals surface area contributed by atoms with E-state index in [1.165, 1.54) is 0 Å². The van der Waals surface area contributed by atoms with Crippen LogP contribution in [0.2, 0.25) is 10.0 Å². The summed E-state index contributed by atoms with van der Waals surface area (Å²) in [4.78, 5) is 0. The smallest absolute Gasteiger partial charge is 0.173 e. The SMILES string of the molecule is CCO[C@@H](/C(N)=N\O)c1ccc(Cl)c(Cl)c1. The number of hydrogen-bond donors (Lipinski definition) is 2. The van der Waals surface area contributed by atoms with E-state index in [-0.39, 0.29) is 5.84 Å². The second-order valence-electron chi connectivity index (χ2n) is 3.03. The molecule has 0 aromatic heterocycles. The zero-order valence-electron chi connectivity index (χ0n) is 8.65. The highest BCUT2D eigenvalue weighted by atomic mass is 35.5. The molecule has 0 amide bonds. The second kappa shape index (κ2) is 5.94. The Bertz CT molecular complexity index is 396. The molecule has 0 heterocycles. The van der Waals surface area contributed by atoms with Crippen LogP contribution >= 0.6 is 23.2 Å². The molecule has 1 atom stereocenters. The van der Waals surface area contributed by atoms with E-state index in [0.717, 1.165) is 0 Å². The number of ether oxygens (including phenoxy) is 1. The van der Waals surface area contributed by atoms with E-state index in [1.807, 2.05) is 6.92 Å². The summed E-state index contributed by atoms with van der Waals surface area (Å²) in [5.74, 6) is -0.0276. The van der Waals surface area contributed by atoms with Crippen LogP contribution < -0.4 is 5.73 Å². The predicted octanol–water partition coefficient (Wildman–Crippen LogP) is 2.82. The average Bonchev–Trinajstić information content (AvgIpc) is 2.29. The lowest BCUT2D eigenvalue weighted by atomic mass is 10.1. The molecule has 0 aliphatic rings. The third-order valence-corrected chi connectivity index (χ3v) is 2.70. The molecule has 1 aromatic rings. The van der Waals surface area contributed by atoms with Crippen LogP contribution in [0.15, 0.2) is 23.4 Å². The molecule has 1 rings (SSSR count). The van der Waals surface area contributed by atoms with E-state index < -0.39 is 6.10 Å². The van der Waals surface area contributed by atoms with Gasteiger partial charge in [-0.05, 0) is 24.6 Å². The lowest BCUT2D eigenvalue weighted by Gasteiger charge is -2.16. The van der Waals surface area contributed by atoms with Gasteiger partial charge in [-0.2, -0.15) is 0 Å². The highest BCUT2D eigenvalue weighted by Crippen LogP contribution is 2.27. The Balaban J connectivity index is 3.06. The standard InChI is InChI=1S/C10H12Cl2N2O2/c1-2-16-9(10(13)14-15)6-3-4-7(11)8(12)5-6/h3-5,9,15H,2H2,1H3,(H2,13,14)/t9-/m1/s1. The first-order valence-electron chi connectivity index (χ1n) is 4.64. The number of hydrogen-bond acceptors (Lipinski definition) is 3. The largest absolute Gasteiger partial charge is 0.409 e. The molecule has 0 bridgehead atoms. The molecule has 0 unspecified atom stereocenters. The van der Waals surface area contributed by atoms with Crippen molar-refractivity contribution in [3.05, 3.63) is 33.8 Å². The maximum atomic E-state index is 8.64. The number of oxime groups is 1. The Hall–Kier alpha value is -0.970. The molecular formula is C10H12Cl2N2O2. The van der Waals surface area contributed by atoms with Crippen molar-refractivity contribution >= 4 is 29.0 Å². The van der Waals surface area contributed by atoms with E-state index in [0.29, 0.717) is 22.2 Å². The minimum absolute atomic E-state index is 0.0276. The molecule has 0 saturated carbocycles. The first-order chi connectivity index (χ1) is 7.60. The van der Waals surface area contributed by atoms with Crippen molar-refractivity contribution < 1.29 is 9.94 Å². The Morgan fingerprint density at radius 2 is 2.19 bits per heavy atom. The molecule has 1 aromatic carbocycles. The average molecular weight is 263 g/mol. The van der Waals surface area contributed by atoms with Gasteiger partial charge in [0.2, 0.25) is 0 Å². The summed E-state index contributed by atoms with van der Waals surface area (Å²) in [6, 6.07) is 4.98. The third-order valence-electron chi connectivity index (χ3n) is 1.96. The number of nitrogens with zero attached hydrogens (tertiary/aromatic N) is 1. The Morgan fingerprint density at radius 3 is 2.69 bits per heavy atom.